The number of anilines is 2. The summed E-state index contributed by atoms with van der Waals surface area (Å²) in [4.78, 5) is 28.6. The van der Waals surface area contributed by atoms with E-state index in [9.17, 15) is 9.59 Å². The number of nitrogens with one attached hydrogen (secondary N) is 2. The molecule has 1 aliphatic rings. The number of benzene rings is 2. The van der Waals surface area contributed by atoms with Gasteiger partial charge in [-0.1, -0.05) is 0 Å². The summed E-state index contributed by atoms with van der Waals surface area (Å²) in [5.41, 5.74) is 3.35. The normalized spacial score (nSPS) is 13.8. The molecule has 2 aromatic heterocycles. The molecule has 0 bridgehead atoms. The van der Waals surface area contributed by atoms with E-state index in [0.29, 0.717) is 17.1 Å². The van der Waals surface area contributed by atoms with Crippen LogP contribution in [0.1, 0.15) is 37.1 Å². The third kappa shape index (κ3) is 4.63. The Morgan fingerprint density at radius 3 is 2.62 bits per heavy atom. The summed E-state index contributed by atoms with van der Waals surface area (Å²) in [5, 5.41) is 10.7. The zero-order valence-corrected chi connectivity index (χ0v) is 18.8. The predicted molar refractivity (Wildman–Crippen MR) is 127 cm³/mol. The monoisotopic (exact) mass is 459 g/mol. The lowest BCUT2D eigenvalue weighted by atomic mass is 9.96. The van der Waals surface area contributed by atoms with Crippen LogP contribution in [0.4, 0.5) is 11.4 Å². The molecule has 9 nitrogen and oxygen atoms in total. The van der Waals surface area contributed by atoms with Gasteiger partial charge in [0.25, 0.3) is 5.91 Å². The van der Waals surface area contributed by atoms with Gasteiger partial charge in [0, 0.05) is 28.7 Å². The first-order chi connectivity index (χ1) is 16.6. The molecule has 1 atom stereocenters. The molecule has 0 fully saturated rings. The molecule has 2 amide bonds. The minimum absolute atomic E-state index is 0.112. The number of ether oxygens (including phenoxy) is 1. The minimum Gasteiger partial charge on any atom is -0.484 e. The summed E-state index contributed by atoms with van der Waals surface area (Å²) in [6.07, 6.45) is 7.19. The van der Waals surface area contributed by atoms with Gasteiger partial charge >= 0.3 is 0 Å². The number of rotatable bonds is 7. The quantitative estimate of drug-likeness (QED) is 0.430. The summed E-state index contributed by atoms with van der Waals surface area (Å²) in [5.74, 6) is 1.22. The molecule has 34 heavy (non-hydrogen) atoms. The van der Waals surface area contributed by atoms with Gasteiger partial charge in [-0.05, 0) is 68.7 Å². The van der Waals surface area contributed by atoms with E-state index in [1.807, 2.05) is 18.2 Å². The fraction of sp³-hybridized carbons (Fsp3) is 0.280. The Morgan fingerprint density at radius 1 is 1.09 bits per heavy atom. The van der Waals surface area contributed by atoms with Gasteiger partial charge in [-0.2, -0.15) is 5.10 Å². The molecule has 4 aromatic rings. The maximum absolute atomic E-state index is 12.4. The molecule has 9 heteroatoms. The van der Waals surface area contributed by atoms with E-state index in [2.05, 4.69) is 20.7 Å². The summed E-state index contributed by atoms with van der Waals surface area (Å²) >= 11 is 0. The molecule has 0 aliphatic heterocycles. The smallest absolute Gasteiger partial charge is 0.262 e. The molecular formula is C25H25N5O4. The third-order valence-corrected chi connectivity index (χ3v) is 5.95. The summed E-state index contributed by atoms with van der Waals surface area (Å²) in [6.45, 7) is 1.62. The zero-order chi connectivity index (χ0) is 23.5. The van der Waals surface area contributed by atoms with Crippen molar-refractivity contribution in [3.05, 3.63) is 66.4 Å². The molecule has 0 saturated heterocycles. The number of hydrogen-bond acceptors (Lipinski definition) is 6. The van der Waals surface area contributed by atoms with Crippen LogP contribution in [0.15, 0.2) is 59.5 Å². The van der Waals surface area contributed by atoms with Gasteiger partial charge in [0.1, 0.15) is 35.8 Å². The van der Waals surface area contributed by atoms with Crippen molar-refractivity contribution in [1.29, 1.82) is 0 Å². The molecule has 2 N–H and O–H groups in total. The molecule has 174 valence electrons. The predicted octanol–water partition coefficient (Wildman–Crippen LogP) is 4.12. The largest absolute Gasteiger partial charge is 0.484 e. The number of nitrogens with zero attached hydrogens (tertiary/aromatic N) is 3. The standard InChI is InChI=1S/C25H25N5O4/c1-16(30-15-26-14-27-30)25(32)29-18-8-6-17(7-9-18)28-24(31)13-33-19-10-11-23-21(12-19)20-4-2-3-5-22(20)34-23/h6-12,14-16H,2-5,13H2,1H3,(H,28,31)(H,29,32). The van der Waals surface area contributed by atoms with E-state index in [1.54, 1.807) is 31.2 Å². The number of aromatic nitrogens is 3. The van der Waals surface area contributed by atoms with Gasteiger partial charge in [-0.25, -0.2) is 9.67 Å². The Balaban J connectivity index is 1.15. The summed E-state index contributed by atoms with van der Waals surface area (Å²) in [6, 6.07) is 12.1. The molecule has 5 rings (SSSR count). The Kier molecular flexibility index (Phi) is 5.99. The van der Waals surface area contributed by atoms with Gasteiger partial charge in [0.2, 0.25) is 5.91 Å². The molecule has 0 spiro atoms. The number of carbonyl (C=O) groups excluding carboxylic acids is 2. The number of carbonyl (C=O) groups is 2. The van der Waals surface area contributed by atoms with Crippen molar-refractivity contribution in [2.24, 2.45) is 0 Å². The van der Waals surface area contributed by atoms with Gasteiger partial charge in [0.15, 0.2) is 6.61 Å². The van der Waals surface area contributed by atoms with E-state index >= 15 is 0 Å². The molecule has 2 heterocycles. The van der Waals surface area contributed by atoms with Crippen LogP contribution >= 0.6 is 0 Å². The second-order valence-electron chi connectivity index (χ2n) is 8.32. The van der Waals surface area contributed by atoms with Crippen molar-refractivity contribution in [3.8, 4) is 5.75 Å². The molecule has 0 radical (unpaired) electrons. The maximum Gasteiger partial charge on any atom is 0.262 e. The van der Waals surface area contributed by atoms with Gasteiger partial charge in [0.05, 0.1) is 0 Å². The average molecular weight is 460 g/mol. The van der Waals surface area contributed by atoms with E-state index < -0.39 is 6.04 Å². The molecule has 2 aromatic carbocycles. The van der Waals surface area contributed by atoms with Crippen LogP contribution < -0.4 is 15.4 Å². The van der Waals surface area contributed by atoms with Crippen molar-refractivity contribution in [3.63, 3.8) is 0 Å². The van der Waals surface area contributed by atoms with Crippen LogP contribution in [0.3, 0.4) is 0 Å². The zero-order valence-electron chi connectivity index (χ0n) is 18.8. The lowest BCUT2D eigenvalue weighted by Crippen LogP contribution is -2.24. The SMILES string of the molecule is CC(C(=O)Nc1ccc(NC(=O)COc2ccc3oc4c(c3c2)CCCC4)cc1)n1cncn1. The number of furan rings is 1. The Hall–Kier alpha value is -4.14. The van der Waals surface area contributed by atoms with E-state index in [-0.39, 0.29) is 18.4 Å². The fourth-order valence-electron chi connectivity index (χ4n) is 4.10. The lowest BCUT2D eigenvalue weighted by molar-refractivity contribution is -0.119. The minimum atomic E-state index is -0.495. The van der Waals surface area contributed by atoms with Gasteiger partial charge < -0.3 is 19.8 Å². The van der Waals surface area contributed by atoms with Crippen LogP contribution in [0, 0.1) is 0 Å². The fourth-order valence-corrected chi connectivity index (χ4v) is 4.10. The number of hydrogen-bond donors (Lipinski definition) is 2. The number of amides is 2. The van der Waals surface area contributed by atoms with Gasteiger partial charge in [-0.3, -0.25) is 9.59 Å². The van der Waals surface area contributed by atoms with E-state index in [1.165, 1.54) is 29.3 Å². The highest BCUT2D eigenvalue weighted by Gasteiger charge is 2.18. The van der Waals surface area contributed by atoms with Crippen LogP contribution in [0.25, 0.3) is 11.0 Å². The van der Waals surface area contributed by atoms with Crippen LogP contribution in [0.2, 0.25) is 0 Å². The topological polar surface area (TPSA) is 111 Å². The molecule has 1 unspecified atom stereocenters. The number of aryl methyl sites for hydroxylation is 2. The summed E-state index contributed by atoms with van der Waals surface area (Å²) < 4.78 is 13.1. The Labute approximate surface area is 196 Å². The van der Waals surface area contributed by atoms with Gasteiger partial charge in [-0.15, -0.1) is 0 Å². The Morgan fingerprint density at radius 2 is 1.85 bits per heavy atom. The number of fused-ring (bicyclic) bond motifs is 3. The second-order valence-corrected chi connectivity index (χ2v) is 8.32. The highest BCUT2D eigenvalue weighted by molar-refractivity contribution is 5.95. The Bertz CT molecular complexity index is 1310. The van der Waals surface area contributed by atoms with E-state index in [0.717, 1.165) is 36.0 Å². The van der Waals surface area contributed by atoms with Crippen molar-refractivity contribution in [2.75, 3.05) is 17.2 Å². The molecule has 0 saturated carbocycles. The highest BCUT2D eigenvalue weighted by Crippen LogP contribution is 2.34. The first-order valence-electron chi connectivity index (χ1n) is 11.3. The molecular weight excluding hydrogens is 434 g/mol. The van der Waals surface area contributed by atoms with Crippen molar-refractivity contribution >= 4 is 34.2 Å². The van der Waals surface area contributed by atoms with E-state index in [4.69, 9.17) is 9.15 Å². The summed E-state index contributed by atoms with van der Waals surface area (Å²) in [7, 11) is 0. The second kappa shape index (κ2) is 9.38. The first kappa shape index (κ1) is 21.7. The van der Waals surface area contributed by atoms with Crippen molar-refractivity contribution < 1.29 is 18.7 Å². The van der Waals surface area contributed by atoms with Crippen LogP contribution in [0.5, 0.6) is 5.75 Å². The first-order valence-corrected chi connectivity index (χ1v) is 11.3. The maximum atomic E-state index is 12.4. The van der Waals surface area contributed by atoms with Crippen molar-refractivity contribution in [2.45, 2.75) is 38.6 Å². The molecule has 1 aliphatic carbocycles. The third-order valence-electron chi connectivity index (χ3n) is 5.95. The average Bonchev–Trinajstić information content (AvgIpc) is 3.51. The van der Waals surface area contributed by atoms with Crippen molar-refractivity contribution in [1.82, 2.24) is 14.8 Å². The van der Waals surface area contributed by atoms with Crippen LogP contribution in [-0.4, -0.2) is 33.2 Å². The highest BCUT2D eigenvalue weighted by atomic mass is 16.5. The lowest BCUT2D eigenvalue weighted by Gasteiger charge is -2.13. The van der Waals surface area contributed by atoms with Crippen LogP contribution in [-0.2, 0) is 22.4 Å².